The molecule has 0 spiro atoms. The summed E-state index contributed by atoms with van der Waals surface area (Å²) in [7, 11) is 1.60. The summed E-state index contributed by atoms with van der Waals surface area (Å²) in [6, 6.07) is 8.23. The number of carbonyl (C=O) groups excluding carboxylic acids is 1. The Kier molecular flexibility index (Phi) is 3.95. The summed E-state index contributed by atoms with van der Waals surface area (Å²) in [6.45, 7) is 0. The van der Waals surface area contributed by atoms with Gasteiger partial charge in [-0.2, -0.15) is 0 Å². The van der Waals surface area contributed by atoms with E-state index in [1.165, 1.54) is 23.4 Å². The lowest BCUT2D eigenvalue weighted by Gasteiger charge is -2.17. The van der Waals surface area contributed by atoms with Gasteiger partial charge in [-0.1, -0.05) is 12.2 Å². The number of pyridine rings is 1. The Morgan fingerprint density at radius 2 is 1.90 bits per heavy atom. The van der Waals surface area contributed by atoms with Crippen LogP contribution < -0.4 is 16.1 Å². The van der Waals surface area contributed by atoms with Crippen LogP contribution in [-0.2, 0) is 0 Å². The number of carbonyl (C=O) groups is 1. The van der Waals surface area contributed by atoms with Gasteiger partial charge in [-0.05, 0) is 24.3 Å². The Morgan fingerprint density at radius 3 is 2.45 bits per heavy atom. The van der Waals surface area contributed by atoms with Crippen molar-refractivity contribution in [3.8, 4) is 0 Å². The number of hydrogen-bond donors (Lipinski definition) is 2. The number of thiocarbonyl (C=S) groups is 1. The molecule has 5 nitrogen and oxygen atoms in total. The van der Waals surface area contributed by atoms with Crippen LogP contribution in [-0.4, -0.2) is 22.9 Å². The number of aromatic amines is 1. The van der Waals surface area contributed by atoms with Crippen LogP contribution in [0.4, 0.5) is 5.69 Å². The van der Waals surface area contributed by atoms with Gasteiger partial charge in [0.1, 0.15) is 10.6 Å². The molecule has 1 heterocycles. The zero-order valence-electron chi connectivity index (χ0n) is 10.8. The highest BCUT2D eigenvalue weighted by molar-refractivity contribution is 7.80. The SMILES string of the molecule is CN(C(=O)c1c[nH]ccc1=O)c1ccc(C(N)=S)cc1. The Balaban J connectivity index is 2.29. The maximum Gasteiger partial charge on any atom is 0.263 e. The molecule has 102 valence electrons. The molecule has 0 radical (unpaired) electrons. The van der Waals surface area contributed by atoms with Gasteiger partial charge in [-0.25, -0.2) is 0 Å². The third-order valence-electron chi connectivity index (χ3n) is 2.90. The highest BCUT2D eigenvalue weighted by Gasteiger charge is 2.16. The van der Waals surface area contributed by atoms with Crippen molar-refractivity contribution in [2.24, 2.45) is 5.73 Å². The third kappa shape index (κ3) is 2.75. The molecule has 1 aromatic heterocycles. The minimum absolute atomic E-state index is 0.0911. The topological polar surface area (TPSA) is 79.2 Å². The fourth-order valence-corrected chi connectivity index (χ4v) is 1.87. The Morgan fingerprint density at radius 1 is 1.25 bits per heavy atom. The van der Waals surface area contributed by atoms with E-state index in [2.05, 4.69) is 4.98 Å². The lowest BCUT2D eigenvalue weighted by atomic mass is 10.2. The van der Waals surface area contributed by atoms with Crippen LogP contribution in [0.2, 0.25) is 0 Å². The molecule has 0 aliphatic rings. The second kappa shape index (κ2) is 5.66. The summed E-state index contributed by atoms with van der Waals surface area (Å²) in [5.41, 5.74) is 6.66. The molecule has 1 aromatic carbocycles. The first-order chi connectivity index (χ1) is 9.50. The first kappa shape index (κ1) is 14.0. The minimum Gasteiger partial charge on any atom is -0.389 e. The van der Waals surface area contributed by atoms with Crippen LogP contribution in [0, 0.1) is 0 Å². The molecule has 2 aromatic rings. The van der Waals surface area contributed by atoms with Gasteiger partial charge in [-0.3, -0.25) is 9.59 Å². The van der Waals surface area contributed by atoms with Crippen molar-refractivity contribution in [1.29, 1.82) is 0 Å². The zero-order valence-corrected chi connectivity index (χ0v) is 11.6. The summed E-state index contributed by atoms with van der Waals surface area (Å²) >= 11 is 4.87. The number of H-pyrrole nitrogens is 1. The molecular formula is C14H13N3O2S. The predicted octanol–water partition coefficient (Wildman–Crippen LogP) is 1.29. The number of benzene rings is 1. The van der Waals surface area contributed by atoms with E-state index >= 15 is 0 Å². The van der Waals surface area contributed by atoms with Crippen LogP contribution in [0.15, 0.2) is 47.5 Å². The molecule has 0 fully saturated rings. The molecule has 6 heteroatoms. The monoisotopic (exact) mass is 287 g/mol. The highest BCUT2D eigenvalue weighted by Crippen LogP contribution is 2.15. The highest BCUT2D eigenvalue weighted by atomic mass is 32.1. The van der Waals surface area contributed by atoms with Gasteiger partial charge >= 0.3 is 0 Å². The Bertz CT molecular complexity index is 707. The molecule has 0 bridgehead atoms. The molecule has 0 unspecified atom stereocenters. The largest absolute Gasteiger partial charge is 0.389 e. The smallest absolute Gasteiger partial charge is 0.263 e. The van der Waals surface area contributed by atoms with Crippen molar-refractivity contribution in [3.63, 3.8) is 0 Å². The van der Waals surface area contributed by atoms with Crippen molar-refractivity contribution in [2.45, 2.75) is 0 Å². The van der Waals surface area contributed by atoms with E-state index in [0.29, 0.717) is 10.7 Å². The van der Waals surface area contributed by atoms with Gasteiger partial charge in [0.05, 0.1) is 0 Å². The molecule has 0 atom stereocenters. The summed E-state index contributed by atoms with van der Waals surface area (Å²) in [4.78, 5) is 28.3. The van der Waals surface area contributed by atoms with Crippen molar-refractivity contribution in [2.75, 3.05) is 11.9 Å². The van der Waals surface area contributed by atoms with E-state index in [1.807, 2.05) is 0 Å². The Hall–Kier alpha value is -2.47. The molecular weight excluding hydrogens is 274 g/mol. The number of nitrogens with zero attached hydrogens (tertiary/aromatic N) is 1. The molecule has 20 heavy (non-hydrogen) atoms. The molecule has 2 rings (SSSR count). The quantitative estimate of drug-likeness (QED) is 0.834. The van der Waals surface area contributed by atoms with Crippen LogP contribution in [0.5, 0.6) is 0 Å². The number of rotatable bonds is 3. The number of nitrogens with two attached hydrogens (primary N) is 1. The van der Waals surface area contributed by atoms with Gasteiger partial charge in [0.2, 0.25) is 0 Å². The average Bonchev–Trinajstić information content (AvgIpc) is 2.46. The number of hydrogen-bond acceptors (Lipinski definition) is 3. The third-order valence-corrected chi connectivity index (χ3v) is 3.13. The second-order valence-corrected chi connectivity index (χ2v) is 4.64. The Labute approximate surface area is 121 Å². The van der Waals surface area contributed by atoms with E-state index in [9.17, 15) is 9.59 Å². The maximum absolute atomic E-state index is 12.2. The van der Waals surface area contributed by atoms with Gasteiger partial charge in [-0.15, -0.1) is 0 Å². The minimum atomic E-state index is -0.380. The summed E-state index contributed by atoms with van der Waals surface area (Å²) < 4.78 is 0. The molecule has 0 saturated heterocycles. The number of anilines is 1. The van der Waals surface area contributed by atoms with E-state index in [0.717, 1.165) is 5.56 Å². The van der Waals surface area contributed by atoms with Gasteiger partial charge in [0.15, 0.2) is 5.43 Å². The van der Waals surface area contributed by atoms with Crippen LogP contribution in [0.3, 0.4) is 0 Å². The number of amides is 1. The first-order valence-corrected chi connectivity index (χ1v) is 6.26. The van der Waals surface area contributed by atoms with Gasteiger partial charge in [0.25, 0.3) is 5.91 Å². The fourth-order valence-electron chi connectivity index (χ4n) is 1.73. The standard InChI is InChI=1S/C14H13N3O2S/c1-17(10-4-2-9(3-5-10)13(15)20)14(19)11-8-16-7-6-12(11)18/h2-8H,1H3,(H2,15,20)(H,16,18). The molecule has 0 saturated carbocycles. The first-order valence-electron chi connectivity index (χ1n) is 5.85. The van der Waals surface area contributed by atoms with Crippen LogP contribution in [0.1, 0.15) is 15.9 Å². The fraction of sp³-hybridized carbons (Fsp3) is 0.0714. The summed E-state index contributed by atoms with van der Waals surface area (Å²) in [5, 5.41) is 0. The lowest BCUT2D eigenvalue weighted by molar-refractivity contribution is 0.0991. The van der Waals surface area contributed by atoms with E-state index in [1.54, 1.807) is 31.3 Å². The maximum atomic E-state index is 12.2. The van der Waals surface area contributed by atoms with Crippen LogP contribution in [0.25, 0.3) is 0 Å². The van der Waals surface area contributed by atoms with Gasteiger partial charge in [0, 0.05) is 36.8 Å². The van der Waals surface area contributed by atoms with Crippen molar-refractivity contribution < 1.29 is 4.79 Å². The van der Waals surface area contributed by atoms with E-state index < -0.39 is 0 Å². The summed E-state index contributed by atoms with van der Waals surface area (Å²) in [6.07, 6.45) is 2.88. The molecule has 0 aliphatic heterocycles. The number of aromatic nitrogens is 1. The normalized spacial score (nSPS) is 10.1. The second-order valence-electron chi connectivity index (χ2n) is 4.20. The molecule has 1 amide bonds. The predicted molar refractivity (Wildman–Crippen MR) is 82.1 cm³/mol. The lowest BCUT2D eigenvalue weighted by Crippen LogP contribution is -2.30. The van der Waals surface area contributed by atoms with Crippen molar-refractivity contribution in [1.82, 2.24) is 4.98 Å². The zero-order chi connectivity index (χ0) is 14.7. The average molecular weight is 287 g/mol. The molecule has 3 N–H and O–H groups in total. The van der Waals surface area contributed by atoms with Crippen molar-refractivity contribution in [3.05, 3.63) is 64.1 Å². The van der Waals surface area contributed by atoms with Gasteiger partial charge < -0.3 is 15.6 Å². The van der Waals surface area contributed by atoms with E-state index in [4.69, 9.17) is 18.0 Å². The molecule has 0 aliphatic carbocycles. The van der Waals surface area contributed by atoms with E-state index in [-0.39, 0.29) is 16.9 Å². The van der Waals surface area contributed by atoms with Crippen LogP contribution >= 0.6 is 12.2 Å². The number of nitrogens with one attached hydrogen (secondary N) is 1. The summed E-state index contributed by atoms with van der Waals surface area (Å²) in [5.74, 6) is -0.380. The van der Waals surface area contributed by atoms with Crippen molar-refractivity contribution >= 4 is 28.8 Å².